The zero-order chi connectivity index (χ0) is 8.27. The molecule has 1 nitrogen and oxygen atoms in total. The minimum atomic E-state index is 0.408. The molecule has 0 aliphatic heterocycles. The lowest BCUT2D eigenvalue weighted by Gasteiger charge is -2.06. The average Bonchev–Trinajstić information content (AvgIpc) is 2.67. The fourth-order valence-corrected chi connectivity index (χ4v) is 1.53. The van der Waals surface area contributed by atoms with Gasteiger partial charge < -0.3 is 5.73 Å². The SMILES string of the molecule is CC#CCCC(N)C1CC1C. The van der Waals surface area contributed by atoms with Gasteiger partial charge in [-0.2, -0.15) is 0 Å². The summed E-state index contributed by atoms with van der Waals surface area (Å²) in [4.78, 5) is 0. The van der Waals surface area contributed by atoms with Crippen molar-refractivity contribution in [2.45, 2.75) is 39.2 Å². The van der Waals surface area contributed by atoms with Gasteiger partial charge in [0.15, 0.2) is 0 Å². The maximum atomic E-state index is 5.94. The summed E-state index contributed by atoms with van der Waals surface area (Å²) in [6.07, 6.45) is 3.39. The Morgan fingerprint density at radius 3 is 2.73 bits per heavy atom. The highest BCUT2D eigenvalue weighted by Gasteiger charge is 2.36. The smallest absolute Gasteiger partial charge is 0.0103 e. The van der Waals surface area contributed by atoms with Crippen molar-refractivity contribution in [2.75, 3.05) is 0 Å². The Morgan fingerprint density at radius 2 is 2.27 bits per heavy atom. The third kappa shape index (κ3) is 2.55. The summed E-state index contributed by atoms with van der Waals surface area (Å²) in [6, 6.07) is 0.408. The molecule has 1 rings (SSSR count). The van der Waals surface area contributed by atoms with Crippen molar-refractivity contribution in [3.63, 3.8) is 0 Å². The number of hydrogen-bond acceptors (Lipinski definition) is 1. The van der Waals surface area contributed by atoms with E-state index in [4.69, 9.17) is 5.73 Å². The van der Waals surface area contributed by atoms with Gasteiger partial charge in [-0.1, -0.05) is 6.92 Å². The number of nitrogens with two attached hydrogens (primary N) is 1. The van der Waals surface area contributed by atoms with E-state index in [1.807, 2.05) is 6.92 Å². The molecule has 0 radical (unpaired) electrons. The molecule has 0 spiro atoms. The number of hydrogen-bond donors (Lipinski definition) is 1. The maximum Gasteiger partial charge on any atom is 0.0103 e. The third-order valence-corrected chi connectivity index (χ3v) is 2.50. The molecule has 62 valence electrons. The first-order chi connectivity index (χ1) is 5.25. The van der Waals surface area contributed by atoms with Crippen molar-refractivity contribution >= 4 is 0 Å². The zero-order valence-electron chi connectivity index (χ0n) is 7.43. The van der Waals surface area contributed by atoms with Gasteiger partial charge in [-0.25, -0.2) is 0 Å². The van der Waals surface area contributed by atoms with Crippen LogP contribution >= 0.6 is 0 Å². The van der Waals surface area contributed by atoms with Crippen LogP contribution in [0.15, 0.2) is 0 Å². The second-order valence-corrected chi connectivity index (χ2v) is 3.51. The fourth-order valence-electron chi connectivity index (χ4n) is 1.53. The zero-order valence-corrected chi connectivity index (χ0v) is 7.43. The summed E-state index contributed by atoms with van der Waals surface area (Å²) in [5.41, 5.74) is 5.94. The Morgan fingerprint density at radius 1 is 1.64 bits per heavy atom. The fraction of sp³-hybridized carbons (Fsp3) is 0.800. The first kappa shape index (κ1) is 8.62. The van der Waals surface area contributed by atoms with Gasteiger partial charge in [0.2, 0.25) is 0 Å². The van der Waals surface area contributed by atoms with Crippen molar-refractivity contribution in [3.05, 3.63) is 0 Å². The molecule has 1 fully saturated rings. The van der Waals surface area contributed by atoms with Crippen LogP contribution in [-0.2, 0) is 0 Å². The van der Waals surface area contributed by atoms with E-state index in [0.717, 1.165) is 24.7 Å². The summed E-state index contributed by atoms with van der Waals surface area (Å²) in [5, 5.41) is 0. The molecule has 1 aliphatic carbocycles. The predicted molar refractivity (Wildman–Crippen MR) is 47.9 cm³/mol. The highest BCUT2D eigenvalue weighted by atomic mass is 14.7. The Labute approximate surface area is 69.4 Å². The Kier molecular flexibility index (Phi) is 2.96. The summed E-state index contributed by atoms with van der Waals surface area (Å²) >= 11 is 0. The second-order valence-electron chi connectivity index (χ2n) is 3.51. The van der Waals surface area contributed by atoms with E-state index >= 15 is 0 Å². The standard InChI is InChI=1S/C10H17N/c1-3-4-5-6-10(11)9-7-8(9)2/h8-10H,5-7,11H2,1-2H3. The van der Waals surface area contributed by atoms with Crippen LogP contribution in [0.5, 0.6) is 0 Å². The first-order valence-corrected chi connectivity index (χ1v) is 4.41. The summed E-state index contributed by atoms with van der Waals surface area (Å²) in [7, 11) is 0. The highest BCUT2D eigenvalue weighted by molar-refractivity contribution is 4.98. The molecule has 3 unspecified atom stereocenters. The molecule has 1 saturated carbocycles. The lowest BCUT2D eigenvalue weighted by atomic mass is 10.1. The molecular formula is C10H17N. The highest BCUT2D eigenvalue weighted by Crippen LogP contribution is 2.40. The molecular weight excluding hydrogens is 134 g/mol. The maximum absolute atomic E-state index is 5.94. The van der Waals surface area contributed by atoms with Gasteiger partial charge >= 0.3 is 0 Å². The largest absolute Gasteiger partial charge is 0.327 e. The Hall–Kier alpha value is -0.480. The lowest BCUT2D eigenvalue weighted by Crippen LogP contribution is -2.22. The minimum absolute atomic E-state index is 0.408. The molecule has 0 heterocycles. The van der Waals surface area contributed by atoms with Gasteiger partial charge in [-0.15, -0.1) is 11.8 Å². The molecule has 0 saturated heterocycles. The molecule has 0 aromatic carbocycles. The summed E-state index contributed by atoms with van der Waals surface area (Å²) in [5.74, 6) is 7.61. The monoisotopic (exact) mass is 151 g/mol. The van der Waals surface area contributed by atoms with Crippen LogP contribution in [0.2, 0.25) is 0 Å². The van der Waals surface area contributed by atoms with Crippen LogP contribution in [0.3, 0.4) is 0 Å². The molecule has 0 aromatic heterocycles. The van der Waals surface area contributed by atoms with E-state index in [0.29, 0.717) is 6.04 Å². The van der Waals surface area contributed by atoms with Crippen LogP contribution in [0.4, 0.5) is 0 Å². The van der Waals surface area contributed by atoms with Crippen LogP contribution < -0.4 is 5.73 Å². The molecule has 11 heavy (non-hydrogen) atoms. The second kappa shape index (κ2) is 3.78. The van der Waals surface area contributed by atoms with Gasteiger partial charge in [0.25, 0.3) is 0 Å². The van der Waals surface area contributed by atoms with Crippen LogP contribution in [0.25, 0.3) is 0 Å². The van der Waals surface area contributed by atoms with E-state index in [1.54, 1.807) is 0 Å². The van der Waals surface area contributed by atoms with Gasteiger partial charge in [-0.05, 0) is 31.6 Å². The molecule has 0 bridgehead atoms. The third-order valence-electron chi connectivity index (χ3n) is 2.50. The quantitative estimate of drug-likeness (QED) is 0.611. The molecule has 0 aromatic rings. The first-order valence-electron chi connectivity index (χ1n) is 4.41. The molecule has 1 aliphatic rings. The van der Waals surface area contributed by atoms with Crippen LogP contribution in [0, 0.1) is 23.7 Å². The van der Waals surface area contributed by atoms with Crippen molar-refractivity contribution in [3.8, 4) is 11.8 Å². The molecule has 2 N–H and O–H groups in total. The molecule has 1 heteroatoms. The van der Waals surface area contributed by atoms with E-state index in [2.05, 4.69) is 18.8 Å². The van der Waals surface area contributed by atoms with E-state index < -0.39 is 0 Å². The van der Waals surface area contributed by atoms with Crippen molar-refractivity contribution in [1.82, 2.24) is 0 Å². The normalized spacial score (nSPS) is 30.5. The summed E-state index contributed by atoms with van der Waals surface area (Å²) in [6.45, 7) is 4.15. The van der Waals surface area contributed by atoms with E-state index in [1.165, 1.54) is 6.42 Å². The topological polar surface area (TPSA) is 26.0 Å². The van der Waals surface area contributed by atoms with Gasteiger partial charge in [0, 0.05) is 12.5 Å². The average molecular weight is 151 g/mol. The van der Waals surface area contributed by atoms with Gasteiger partial charge in [-0.3, -0.25) is 0 Å². The lowest BCUT2D eigenvalue weighted by molar-refractivity contribution is 0.532. The van der Waals surface area contributed by atoms with E-state index in [-0.39, 0.29) is 0 Å². The van der Waals surface area contributed by atoms with Crippen molar-refractivity contribution in [2.24, 2.45) is 17.6 Å². The summed E-state index contributed by atoms with van der Waals surface area (Å²) < 4.78 is 0. The molecule has 0 amide bonds. The van der Waals surface area contributed by atoms with Gasteiger partial charge in [0.05, 0.1) is 0 Å². The predicted octanol–water partition coefficient (Wildman–Crippen LogP) is 1.77. The Bertz CT molecular complexity index is 175. The van der Waals surface area contributed by atoms with Crippen LogP contribution in [0.1, 0.15) is 33.1 Å². The van der Waals surface area contributed by atoms with Crippen molar-refractivity contribution < 1.29 is 0 Å². The minimum Gasteiger partial charge on any atom is -0.327 e. The van der Waals surface area contributed by atoms with E-state index in [9.17, 15) is 0 Å². The van der Waals surface area contributed by atoms with Gasteiger partial charge in [0.1, 0.15) is 0 Å². The van der Waals surface area contributed by atoms with Crippen LogP contribution in [-0.4, -0.2) is 6.04 Å². The molecule has 3 atom stereocenters. The van der Waals surface area contributed by atoms with Crippen molar-refractivity contribution in [1.29, 1.82) is 0 Å². The Balaban J connectivity index is 2.10. The number of rotatable bonds is 3.